The van der Waals surface area contributed by atoms with Gasteiger partial charge in [-0.15, -0.1) is 0 Å². The van der Waals surface area contributed by atoms with E-state index >= 15 is 0 Å². The molecule has 0 amide bonds. The van der Waals surface area contributed by atoms with Crippen molar-refractivity contribution in [2.24, 2.45) is 0 Å². The van der Waals surface area contributed by atoms with E-state index in [4.69, 9.17) is 14.2 Å². The standard InChI is InChI=1S/C53H74O6/c1-4-7-10-13-16-19-22-25-26-29-31-34-37-40-43-46-52(55)58-49-50(59-53(56)47-44-41-38-35-32-28-24-21-18-15-12-9-6-3)48-57-51(54)45-42-39-36-33-30-27-23-20-17-14-11-8-5-2/h7-32,35,38,50H,4-6,33-34,36-37,39-49H2,1-3H3/b10-7+,11-8+,12-9+,16-13+,17-14+,18-15+,22-19+,23-20+,24-21+,26-25+,30-27+,31-29+,32-28+,38-35+. The van der Waals surface area contributed by atoms with Gasteiger partial charge in [0.1, 0.15) is 13.2 Å². The molecule has 0 saturated carbocycles. The van der Waals surface area contributed by atoms with Crippen LogP contribution in [0, 0.1) is 0 Å². The second-order valence-corrected chi connectivity index (χ2v) is 13.4. The summed E-state index contributed by atoms with van der Waals surface area (Å²) in [5.41, 5.74) is 0. The SMILES string of the molecule is CC/C=C/C=C/C=C/C=C/C=C/CCCCCC(=O)OCC(COC(=O)CCCCC/C=C/C=C/C=C/C=C/CC)OC(=O)CCC/C=C/C=C/C=C/C=C/C=C/CC. The first-order valence-electron chi connectivity index (χ1n) is 21.8. The van der Waals surface area contributed by atoms with Crippen LogP contribution in [-0.2, 0) is 28.6 Å². The van der Waals surface area contributed by atoms with Crippen molar-refractivity contribution in [2.75, 3.05) is 13.2 Å². The molecule has 0 rings (SSSR count). The molecule has 0 aliphatic rings. The quantitative estimate of drug-likeness (QED) is 0.0275. The number of carbonyl (C=O) groups is 3. The Hall–Kier alpha value is -5.23. The zero-order chi connectivity index (χ0) is 43.0. The van der Waals surface area contributed by atoms with E-state index in [9.17, 15) is 14.4 Å². The van der Waals surface area contributed by atoms with Crippen LogP contribution in [0.1, 0.15) is 124 Å². The van der Waals surface area contributed by atoms with Gasteiger partial charge in [0.25, 0.3) is 0 Å². The molecule has 0 aromatic carbocycles. The molecule has 1 unspecified atom stereocenters. The maximum Gasteiger partial charge on any atom is 0.306 e. The molecule has 0 spiro atoms. The van der Waals surface area contributed by atoms with E-state index in [1.807, 2.05) is 140 Å². The molecule has 0 saturated heterocycles. The number of carbonyl (C=O) groups excluding carboxylic acids is 3. The Balaban J connectivity index is 4.71. The molecule has 0 radical (unpaired) electrons. The monoisotopic (exact) mass is 807 g/mol. The minimum Gasteiger partial charge on any atom is -0.462 e. The first-order chi connectivity index (χ1) is 29.0. The summed E-state index contributed by atoms with van der Waals surface area (Å²) in [4.78, 5) is 37.7. The molecular formula is C53H74O6. The Morgan fingerprint density at radius 3 is 0.966 bits per heavy atom. The Morgan fingerprint density at radius 2 is 0.627 bits per heavy atom. The van der Waals surface area contributed by atoms with Crippen molar-refractivity contribution < 1.29 is 28.6 Å². The summed E-state index contributed by atoms with van der Waals surface area (Å²) < 4.78 is 16.5. The molecule has 0 aliphatic carbocycles. The van der Waals surface area contributed by atoms with Crippen molar-refractivity contribution in [3.05, 3.63) is 170 Å². The lowest BCUT2D eigenvalue weighted by Crippen LogP contribution is -2.30. The van der Waals surface area contributed by atoms with Gasteiger partial charge in [0.15, 0.2) is 6.10 Å². The zero-order valence-corrected chi connectivity index (χ0v) is 36.4. The van der Waals surface area contributed by atoms with Gasteiger partial charge in [0, 0.05) is 19.3 Å². The van der Waals surface area contributed by atoms with Crippen LogP contribution >= 0.6 is 0 Å². The fraction of sp³-hybridized carbons (Fsp3) is 0.415. The third-order valence-electron chi connectivity index (χ3n) is 8.05. The normalized spacial score (nSPS) is 13.7. The third-order valence-corrected chi connectivity index (χ3v) is 8.05. The van der Waals surface area contributed by atoms with Gasteiger partial charge in [-0.1, -0.05) is 204 Å². The van der Waals surface area contributed by atoms with Crippen molar-refractivity contribution in [3.8, 4) is 0 Å². The Bertz CT molecular complexity index is 1480. The summed E-state index contributed by atoms with van der Waals surface area (Å²) in [6.45, 7) is 6.01. The second-order valence-electron chi connectivity index (χ2n) is 13.4. The highest BCUT2D eigenvalue weighted by Crippen LogP contribution is 2.09. The molecule has 0 aliphatic heterocycles. The minimum absolute atomic E-state index is 0.151. The Labute approximate surface area is 358 Å². The van der Waals surface area contributed by atoms with Gasteiger partial charge in [-0.3, -0.25) is 14.4 Å². The fourth-order valence-electron chi connectivity index (χ4n) is 4.85. The van der Waals surface area contributed by atoms with E-state index in [1.165, 1.54) is 0 Å². The molecule has 0 N–H and O–H groups in total. The number of hydrogen-bond acceptors (Lipinski definition) is 6. The molecule has 0 heterocycles. The van der Waals surface area contributed by atoms with Crippen LogP contribution in [0.4, 0.5) is 0 Å². The molecule has 0 bridgehead atoms. The van der Waals surface area contributed by atoms with E-state index in [2.05, 4.69) is 51.2 Å². The van der Waals surface area contributed by atoms with Crippen LogP contribution in [-0.4, -0.2) is 37.2 Å². The molecule has 6 nitrogen and oxygen atoms in total. The van der Waals surface area contributed by atoms with Gasteiger partial charge in [-0.25, -0.2) is 0 Å². The van der Waals surface area contributed by atoms with Gasteiger partial charge >= 0.3 is 17.9 Å². The topological polar surface area (TPSA) is 78.9 Å². The first kappa shape index (κ1) is 53.8. The highest BCUT2D eigenvalue weighted by Gasteiger charge is 2.19. The summed E-state index contributed by atoms with van der Waals surface area (Å²) in [6, 6.07) is 0. The molecular weight excluding hydrogens is 733 g/mol. The van der Waals surface area contributed by atoms with E-state index < -0.39 is 12.1 Å². The second kappa shape index (κ2) is 45.5. The van der Waals surface area contributed by atoms with E-state index in [1.54, 1.807) is 0 Å². The Kier molecular flexibility index (Phi) is 41.4. The van der Waals surface area contributed by atoms with Gasteiger partial charge < -0.3 is 14.2 Å². The predicted octanol–water partition coefficient (Wildman–Crippen LogP) is 14.1. The first-order valence-corrected chi connectivity index (χ1v) is 21.8. The van der Waals surface area contributed by atoms with Gasteiger partial charge in [0.05, 0.1) is 0 Å². The van der Waals surface area contributed by atoms with Crippen LogP contribution in [0.15, 0.2) is 170 Å². The van der Waals surface area contributed by atoms with Gasteiger partial charge in [-0.2, -0.15) is 0 Å². The van der Waals surface area contributed by atoms with Crippen molar-refractivity contribution in [2.45, 2.75) is 130 Å². The summed E-state index contributed by atoms with van der Waals surface area (Å²) in [6.07, 6.45) is 67.7. The number of unbranched alkanes of at least 4 members (excludes halogenated alkanes) is 7. The summed E-state index contributed by atoms with van der Waals surface area (Å²) in [5, 5.41) is 0. The fourth-order valence-corrected chi connectivity index (χ4v) is 4.85. The number of esters is 3. The van der Waals surface area contributed by atoms with Crippen molar-refractivity contribution in [3.63, 3.8) is 0 Å². The lowest BCUT2D eigenvalue weighted by atomic mass is 10.1. The van der Waals surface area contributed by atoms with Gasteiger partial charge in [-0.05, 0) is 70.6 Å². The highest BCUT2D eigenvalue weighted by atomic mass is 16.6. The average molecular weight is 807 g/mol. The van der Waals surface area contributed by atoms with E-state index in [-0.39, 0.29) is 44.4 Å². The lowest BCUT2D eigenvalue weighted by molar-refractivity contribution is -0.167. The molecule has 322 valence electrons. The summed E-state index contributed by atoms with van der Waals surface area (Å²) in [7, 11) is 0. The van der Waals surface area contributed by atoms with E-state index in [0.717, 1.165) is 57.8 Å². The molecule has 1 atom stereocenters. The van der Waals surface area contributed by atoms with Crippen molar-refractivity contribution in [1.82, 2.24) is 0 Å². The van der Waals surface area contributed by atoms with Crippen molar-refractivity contribution in [1.29, 1.82) is 0 Å². The van der Waals surface area contributed by atoms with Gasteiger partial charge in [0.2, 0.25) is 0 Å². The number of ether oxygens (including phenoxy) is 3. The van der Waals surface area contributed by atoms with Crippen LogP contribution in [0.3, 0.4) is 0 Å². The van der Waals surface area contributed by atoms with Crippen LogP contribution in [0.2, 0.25) is 0 Å². The molecule has 0 aromatic heterocycles. The highest BCUT2D eigenvalue weighted by molar-refractivity contribution is 5.71. The van der Waals surface area contributed by atoms with Crippen LogP contribution < -0.4 is 0 Å². The van der Waals surface area contributed by atoms with Crippen molar-refractivity contribution >= 4 is 17.9 Å². The largest absolute Gasteiger partial charge is 0.462 e. The van der Waals surface area contributed by atoms with Crippen LogP contribution in [0.5, 0.6) is 0 Å². The minimum atomic E-state index is -0.857. The Morgan fingerprint density at radius 1 is 0.339 bits per heavy atom. The van der Waals surface area contributed by atoms with E-state index in [0.29, 0.717) is 25.7 Å². The molecule has 0 fully saturated rings. The summed E-state index contributed by atoms with van der Waals surface area (Å²) in [5.74, 6) is -1.13. The molecule has 6 heteroatoms. The molecule has 59 heavy (non-hydrogen) atoms. The number of hydrogen-bond donors (Lipinski definition) is 0. The third kappa shape index (κ3) is 43.7. The molecule has 0 aromatic rings. The maximum atomic E-state index is 12.7. The maximum absolute atomic E-state index is 12.7. The lowest BCUT2D eigenvalue weighted by Gasteiger charge is -2.18. The smallest absolute Gasteiger partial charge is 0.306 e. The predicted molar refractivity (Wildman–Crippen MR) is 251 cm³/mol. The zero-order valence-electron chi connectivity index (χ0n) is 36.4. The van der Waals surface area contributed by atoms with Crippen LogP contribution in [0.25, 0.3) is 0 Å². The number of rotatable bonds is 35. The average Bonchev–Trinajstić information content (AvgIpc) is 3.23. The number of allylic oxidation sites excluding steroid dienone is 28. The summed E-state index contributed by atoms with van der Waals surface area (Å²) >= 11 is 0.